The molecule has 1 aromatic carbocycles. The monoisotopic (exact) mass is 245 g/mol. The Labute approximate surface area is 105 Å². The summed E-state index contributed by atoms with van der Waals surface area (Å²) in [4.78, 5) is 11.8. The van der Waals surface area contributed by atoms with Crippen molar-refractivity contribution < 1.29 is 4.79 Å². The van der Waals surface area contributed by atoms with E-state index in [9.17, 15) is 4.79 Å². The van der Waals surface area contributed by atoms with Crippen LogP contribution in [-0.2, 0) is 4.79 Å². The molecule has 0 unspecified atom stereocenters. The SMILES string of the molecule is CC[C@@H](N)C(=O)Nc1ccccc1-n1ccnn1. The summed E-state index contributed by atoms with van der Waals surface area (Å²) in [5.74, 6) is -0.204. The quantitative estimate of drug-likeness (QED) is 0.839. The van der Waals surface area contributed by atoms with Crippen molar-refractivity contribution in [3.05, 3.63) is 36.7 Å². The Morgan fingerprint density at radius 2 is 2.28 bits per heavy atom. The molecule has 0 spiro atoms. The summed E-state index contributed by atoms with van der Waals surface area (Å²) in [5.41, 5.74) is 7.11. The van der Waals surface area contributed by atoms with Gasteiger partial charge in [-0.3, -0.25) is 4.79 Å². The topological polar surface area (TPSA) is 85.8 Å². The van der Waals surface area contributed by atoms with Crippen LogP contribution in [0.4, 0.5) is 5.69 Å². The van der Waals surface area contributed by atoms with Gasteiger partial charge in [-0.1, -0.05) is 24.3 Å². The number of hydrogen-bond acceptors (Lipinski definition) is 4. The summed E-state index contributed by atoms with van der Waals surface area (Å²) in [6, 6.07) is 6.85. The Kier molecular flexibility index (Phi) is 3.69. The molecule has 1 amide bonds. The average molecular weight is 245 g/mol. The number of nitrogens with two attached hydrogens (primary N) is 1. The maximum atomic E-state index is 11.8. The number of rotatable bonds is 4. The molecule has 0 saturated carbocycles. The molecule has 0 saturated heterocycles. The zero-order valence-electron chi connectivity index (χ0n) is 10.1. The van der Waals surface area contributed by atoms with Gasteiger partial charge in [-0.05, 0) is 18.6 Å². The smallest absolute Gasteiger partial charge is 0.241 e. The Bertz CT molecular complexity index is 523. The van der Waals surface area contributed by atoms with Crippen LogP contribution in [-0.4, -0.2) is 26.9 Å². The second kappa shape index (κ2) is 5.42. The zero-order chi connectivity index (χ0) is 13.0. The Morgan fingerprint density at radius 1 is 1.50 bits per heavy atom. The summed E-state index contributed by atoms with van der Waals surface area (Å²) >= 11 is 0. The number of nitrogens with one attached hydrogen (secondary N) is 1. The number of para-hydroxylation sites is 2. The van der Waals surface area contributed by atoms with Gasteiger partial charge in [0.15, 0.2) is 0 Å². The molecule has 0 radical (unpaired) electrons. The average Bonchev–Trinajstić information content (AvgIpc) is 2.92. The van der Waals surface area contributed by atoms with E-state index in [-0.39, 0.29) is 5.91 Å². The molecule has 0 aliphatic carbocycles. The Hall–Kier alpha value is -2.21. The number of nitrogens with zero attached hydrogens (tertiary/aromatic N) is 3. The van der Waals surface area contributed by atoms with Crippen molar-refractivity contribution in [3.8, 4) is 5.69 Å². The Morgan fingerprint density at radius 3 is 2.94 bits per heavy atom. The van der Waals surface area contributed by atoms with Crippen LogP contribution in [0, 0.1) is 0 Å². The minimum absolute atomic E-state index is 0.204. The molecule has 1 heterocycles. The predicted molar refractivity (Wildman–Crippen MR) is 68.3 cm³/mol. The summed E-state index contributed by atoms with van der Waals surface area (Å²) in [7, 11) is 0. The highest BCUT2D eigenvalue weighted by Gasteiger charge is 2.13. The number of benzene rings is 1. The van der Waals surface area contributed by atoms with Gasteiger partial charge in [0.1, 0.15) is 0 Å². The van der Waals surface area contributed by atoms with Gasteiger partial charge >= 0.3 is 0 Å². The highest BCUT2D eigenvalue weighted by molar-refractivity contribution is 5.96. The van der Waals surface area contributed by atoms with Crippen molar-refractivity contribution in [2.45, 2.75) is 19.4 Å². The first-order valence-electron chi connectivity index (χ1n) is 5.74. The number of hydrogen-bond donors (Lipinski definition) is 2. The zero-order valence-corrected chi connectivity index (χ0v) is 10.1. The number of carbonyl (C=O) groups is 1. The first-order chi connectivity index (χ1) is 8.72. The summed E-state index contributed by atoms with van der Waals surface area (Å²) in [5, 5.41) is 10.4. The molecule has 1 aromatic heterocycles. The highest BCUT2D eigenvalue weighted by Crippen LogP contribution is 2.18. The van der Waals surface area contributed by atoms with Crippen LogP contribution in [0.2, 0.25) is 0 Å². The van der Waals surface area contributed by atoms with Crippen LogP contribution >= 0.6 is 0 Å². The Balaban J connectivity index is 2.26. The molecule has 0 bridgehead atoms. The lowest BCUT2D eigenvalue weighted by molar-refractivity contribution is -0.117. The van der Waals surface area contributed by atoms with Gasteiger partial charge in [0, 0.05) is 0 Å². The maximum absolute atomic E-state index is 11.8. The molecule has 94 valence electrons. The van der Waals surface area contributed by atoms with Crippen molar-refractivity contribution in [1.82, 2.24) is 15.0 Å². The fraction of sp³-hybridized carbons (Fsp3) is 0.250. The second-order valence-electron chi connectivity index (χ2n) is 3.87. The van der Waals surface area contributed by atoms with E-state index >= 15 is 0 Å². The van der Waals surface area contributed by atoms with Crippen LogP contribution in [0.25, 0.3) is 5.69 Å². The van der Waals surface area contributed by atoms with Crippen molar-refractivity contribution in [1.29, 1.82) is 0 Å². The molecular weight excluding hydrogens is 230 g/mol. The van der Waals surface area contributed by atoms with Crippen LogP contribution < -0.4 is 11.1 Å². The number of anilines is 1. The number of amides is 1. The summed E-state index contributed by atoms with van der Waals surface area (Å²) < 4.78 is 1.59. The predicted octanol–water partition coefficient (Wildman–Crippen LogP) is 0.943. The van der Waals surface area contributed by atoms with E-state index in [4.69, 9.17) is 5.73 Å². The molecule has 3 N–H and O–H groups in total. The van der Waals surface area contributed by atoms with E-state index in [2.05, 4.69) is 15.6 Å². The van der Waals surface area contributed by atoms with Crippen LogP contribution in [0.5, 0.6) is 0 Å². The van der Waals surface area contributed by atoms with E-state index in [0.717, 1.165) is 5.69 Å². The molecule has 0 aliphatic heterocycles. The van der Waals surface area contributed by atoms with Crippen molar-refractivity contribution >= 4 is 11.6 Å². The van der Waals surface area contributed by atoms with Crippen molar-refractivity contribution in [2.75, 3.05) is 5.32 Å². The van der Waals surface area contributed by atoms with Gasteiger partial charge in [0.25, 0.3) is 0 Å². The first kappa shape index (κ1) is 12.3. The third-order valence-electron chi connectivity index (χ3n) is 2.61. The van der Waals surface area contributed by atoms with Gasteiger partial charge < -0.3 is 11.1 Å². The van der Waals surface area contributed by atoms with E-state index in [1.165, 1.54) is 0 Å². The normalized spacial score (nSPS) is 12.1. The molecule has 2 aromatic rings. The van der Waals surface area contributed by atoms with E-state index in [1.807, 2.05) is 25.1 Å². The van der Waals surface area contributed by atoms with Gasteiger partial charge in [-0.15, -0.1) is 5.10 Å². The minimum Gasteiger partial charge on any atom is -0.323 e. The number of aromatic nitrogens is 3. The van der Waals surface area contributed by atoms with Crippen LogP contribution in [0.3, 0.4) is 0 Å². The summed E-state index contributed by atoms with van der Waals surface area (Å²) in [6.07, 6.45) is 3.89. The van der Waals surface area contributed by atoms with Gasteiger partial charge in [-0.2, -0.15) is 0 Å². The minimum atomic E-state index is -0.506. The fourth-order valence-corrected chi connectivity index (χ4v) is 1.53. The van der Waals surface area contributed by atoms with Gasteiger partial charge in [-0.25, -0.2) is 4.68 Å². The second-order valence-corrected chi connectivity index (χ2v) is 3.87. The molecule has 0 fully saturated rings. The molecule has 18 heavy (non-hydrogen) atoms. The number of carbonyl (C=O) groups excluding carboxylic acids is 1. The summed E-state index contributed by atoms with van der Waals surface area (Å²) in [6.45, 7) is 1.87. The van der Waals surface area contributed by atoms with Crippen molar-refractivity contribution in [3.63, 3.8) is 0 Å². The third kappa shape index (κ3) is 2.54. The largest absolute Gasteiger partial charge is 0.323 e. The van der Waals surface area contributed by atoms with Gasteiger partial charge in [0.2, 0.25) is 5.91 Å². The molecule has 1 atom stereocenters. The van der Waals surface area contributed by atoms with Crippen LogP contribution in [0.1, 0.15) is 13.3 Å². The third-order valence-corrected chi connectivity index (χ3v) is 2.61. The van der Waals surface area contributed by atoms with Crippen LogP contribution in [0.15, 0.2) is 36.7 Å². The lowest BCUT2D eigenvalue weighted by atomic mass is 10.2. The maximum Gasteiger partial charge on any atom is 0.241 e. The van der Waals surface area contributed by atoms with E-state index < -0.39 is 6.04 Å². The molecule has 2 rings (SSSR count). The molecule has 6 nitrogen and oxygen atoms in total. The van der Waals surface area contributed by atoms with E-state index in [0.29, 0.717) is 12.1 Å². The fourth-order valence-electron chi connectivity index (χ4n) is 1.53. The lowest BCUT2D eigenvalue weighted by Gasteiger charge is -2.13. The first-order valence-corrected chi connectivity index (χ1v) is 5.74. The van der Waals surface area contributed by atoms with Crippen molar-refractivity contribution in [2.24, 2.45) is 5.73 Å². The highest BCUT2D eigenvalue weighted by atomic mass is 16.2. The van der Waals surface area contributed by atoms with Gasteiger partial charge in [0.05, 0.1) is 29.8 Å². The molecule has 6 heteroatoms. The molecular formula is C12H15N5O. The molecule has 0 aliphatic rings. The van der Waals surface area contributed by atoms with E-state index in [1.54, 1.807) is 23.1 Å². The lowest BCUT2D eigenvalue weighted by Crippen LogP contribution is -2.35. The standard InChI is InChI=1S/C12H15N5O/c1-2-9(13)12(18)15-10-5-3-4-6-11(10)17-8-7-14-16-17/h3-9H,2,13H2,1H3,(H,15,18)/t9-/m1/s1.